The van der Waals surface area contributed by atoms with Gasteiger partial charge in [0.15, 0.2) is 0 Å². The Labute approximate surface area is 185 Å². The number of likely N-dealkylation sites (tertiary alicyclic amines) is 1. The zero-order chi connectivity index (χ0) is 21.8. The zero-order valence-corrected chi connectivity index (χ0v) is 18.9. The maximum atomic E-state index is 13.0. The van der Waals surface area contributed by atoms with Gasteiger partial charge in [-0.2, -0.15) is 0 Å². The van der Waals surface area contributed by atoms with Crippen molar-refractivity contribution in [3.05, 3.63) is 59.2 Å². The van der Waals surface area contributed by atoms with Crippen molar-refractivity contribution in [2.45, 2.75) is 64.1 Å². The number of carbonyl (C=O) groups is 1. The van der Waals surface area contributed by atoms with Gasteiger partial charge in [0.05, 0.1) is 13.2 Å². The molecule has 1 fully saturated rings. The highest BCUT2D eigenvalue weighted by Gasteiger charge is 2.35. The van der Waals surface area contributed by atoms with Gasteiger partial charge >= 0.3 is 0 Å². The molecule has 1 atom stereocenters. The summed E-state index contributed by atoms with van der Waals surface area (Å²) in [4.78, 5) is 15.5. The minimum Gasteiger partial charge on any atom is -0.497 e. The van der Waals surface area contributed by atoms with Crippen molar-refractivity contribution in [3.8, 4) is 11.5 Å². The van der Waals surface area contributed by atoms with Crippen molar-refractivity contribution in [2.75, 3.05) is 20.2 Å². The van der Waals surface area contributed by atoms with Gasteiger partial charge in [-0.05, 0) is 69.6 Å². The zero-order valence-electron chi connectivity index (χ0n) is 18.9. The maximum absolute atomic E-state index is 13.0. The number of nitrogens with one attached hydrogen (secondary N) is 1. The van der Waals surface area contributed by atoms with E-state index >= 15 is 0 Å². The highest BCUT2D eigenvalue weighted by Crippen LogP contribution is 2.41. The fraction of sp³-hybridized carbons (Fsp3) is 0.500. The van der Waals surface area contributed by atoms with E-state index in [9.17, 15) is 4.79 Å². The molecule has 1 saturated heterocycles. The lowest BCUT2D eigenvalue weighted by Gasteiger charge is -2.38. The van der Waals surface area contributed by atoms with Crippen LogP contribution in [-0.4, -0.2) is 36.6 Å². The number of methoxy groups -OCH3 is 1. The summed E-state index contributed by atoms with van der Waals surface area (Å²) in [5.41, 5.74) is 2.59. The molecule has 31 heavy (non-hydrogen) atoms. The van der Waals surface area contributed by atoms with Crippen LogP contribution in [0.5, 0.6) is 11.5 Å². The quantitative estimate of drug-likeness (QED) is 0.728. The summed E-state index contributed by atoms with van der Waals surface area (Å²) in [5, 5.41) is 3.22. The fourth-order valence-corrected chi connectivity index (χ4v) is 4.64. The van der Waals surface area contributed by atoms with Crippen LogP contribution in [0.2, 0.25) is 0 Å². The molecule has 2 aromatic carbocycles. The van der Waals surface area contributed by atoms with E-state index in [0.717, 1.165) is 23.6 Å². The molecule has 4 rings (SSSR count). The van der Waals surface area contributed by atoms with Gasteiger partial charge in [-0.15, -0.1) is 0 Å². The third-order valence-corrected chi connectivity index (χ3v) is 6.30. The van der Waals surface area contributed by atoms with Gasteiger partial charge in [0.1, 0.15) is 17.1 Å². The Morgan fingerprint density at radius 3 is 2.48 bits per heavy atom. The summed E-state index contributed by atoms with van der Waals surface area (Å²) >= 11 is 0. The first-order valence-corrected chi connectivity index (χ1v) is 11.4. The summed E-state index contributed by atoms with van der Waals surface area (Å²) in [6.07, 6.45) is 5.97. The number of benzene rings is 2. The first-order chi connectivity index (χ1) is 14.9. The van der Waals surface area contributed by atoms with E-state index in [1.165, 1.54) is 44.3 Å². The van der Waals surface area contributed by atoms with E-state index in [-0.39, 0.29) is 17.6 Å². The second-order valence-electron chi connectivity index (χ2n) is 9.38. The molecule has 0 bridgehead atoms. The van der Waals surface area contributed by atoms with Crippen LogP contribution >= 0.6 is 0 Å². The average Bonchev–Trinajstić information content (AvgIpc) is 3.01. The molecule has 0 spiro atoms. The number of amides is 1. The molecule has 0 saturated carbocycles. The molecule has 2 aliphatic heterocycles. The highest BCUT2D eigenvalue weighted by atomic mass is 16.5. The van der Waals surface area contributed by atoms with Crippen LogP contribution in [0.25, 0.3) is 0 Å². The standard InChI is InChI=1S/C26H34N2O3/c1-26(2)17-23(22-13-12-21(30-3)16-24(22)31-26)27-25(29)20-10-8-19(9-11-20)18-28-14-6-4-5-7-15-28/h8-13,16,23H,4-7,14-15,17-18H2,1-3H3,(H,27,29)/t23-/m0/s1. The largest absolute Gasteiger partial charge is 0.497 e. The smallest absolute Gasteiger partial charge is 0.251 e. The van der Waals surface area contributed by atoms with Crippen LogP contribution in [-0.2, 0) is 6.54 Å². The van der Waals surface area contributed by atoms with Gasteiger partial charge in [0, 0.05) is 30.2 Å². The van der Waals surface area contributed by atoms with Gasteiger partial charge in [0.2, 0.25) is 0 Å². The molecule has 1 N–H and O–H groups in total. The second-order valence-corrected chi connectivity index (χ2v) is 9.38. The predicted molar refractivity (Wildman–Crippen MR) is 123 cm³/mol. The van der Waals surface area contributed by atoms with E-state index in [0.29, 0.717) is 12.0 Å². The van der Waals surface area contributed by atoms with Crippen molar-refractivity contribution in [2.24, 2.45) is 0 Å². The molecule has 0 unspecified atom stereocenters. The Kier molecular flexibility index (Phi) is 6.51. The molecule has 2 aliphatic rings. The topological polar surface area (TPSA) is 50.8 Å². The van der Waals surface area contributed by atoms with Gasteiger partial charge in [-0.3, -0.25) is 9.69 Å². The van der Waals surface area contributed by atoms with E-state index in [1.807, 2.05) is 44.2 Å². The number of ether oxygens (including phenoxy) is 2. The average molecular weight is 423 g/mol. The minimum atomic E-state index is -0.367. The van der Waals surface area contributed by atoms with Crippen molar-refractivity contribution in [1.82, 2.24) is 10.2 Å². The Hall–Kier alpha value is -2.53. The first kappa shape index (κ1) is 21.7. The van der Waals surface area contributed by atoms with Gasteiger partial charge in [-0.25, -0.2) is 0 Å². The summed E-state index contributed by atoms with van der Waals surface area (Å²) in [6, 6.07) is 13.8. The molecule has 166 valence electrons. The second kappa shape index (κ2) is 9.31. The van der Waals surface area contributed by atoms with Crippen molar-refractivity contribution in [3.63, 3.8) is 0 Å². The fourth-order valence-electron chi connectivity index (χ4n) is 4.64. The molecular weight excluding hydrogens is 388 g/mol. The van der Waals surface area contributed by atoms with Crippen LogP contribution in [0.15, 0.2) is 42.5 Å². The van der Waals surface area contributed by atoms with Gasteiger partial charge < -0.3 is 14.8 Å². The summed E-state index contributed by atoms with van der Waals surface area (Å²) in [5.74, 6) is 1.47. The van der Waals surface area contributed by atoms with Crippen LogP contribution in [0.1, 0.15) is 73.5 Å². The van der Waals surface area contributed by atoms with Crippen LogP contribution in [0.4, 0.5) is 0 Å². The lowest BCUT2D eigenvalue weighted by Crippen LogP contribution is -2.41. The molecule has 1 amide bonds. The predicted octanol–water partition coefficient (Wildman–Crippen LogP) is 5.10. The Balaban J connectivity index is 1.44. The van der Waals surface area contributed by atoms with Crippen LogP contribution < -0.4 is 14.8 Å². The number of hydrogen-bond donors (Lipinski definition) is 1. The van der Waals surface area contributed by atoms with E-state index in [1.54, 1.807) is 7.11 Å². The molecule has 0 aliphatic carbocycles. The molecule has 0 radical (unpaired) electrons. The first-order valence-electron chi connectivity index (χ1n) is 11.4. The SMILES string of the molecule is COc1ccc2c(c1)OC(C)(C)C[C@@H]2NC(=O)c1ccc(CN2CCCCCC2)cc1. The lowest BCUT2D eigenvalue weighted by molar-refractivity contribution is 0.0617. The van der Waals surface area contributed by atoms with Crippen LogP contribution in [0.3, 0.4) is 0 Å². The van der Waals surface area contributed by atoms with Crippen LogP contribution in [0, 0.1) is 0 Å². The van der Waals surface area contributed by atoms with E-state index < -0.39 is 0 Å². The summed E-state index contributed by atoms with van der Waals surface area (Å²) in [6.45, 7) is 7.40. The third-order valence-electron chi connectivity index (χ3n) is 6.30. The van der Waals surface area contributed by atoms with Gasteiger partial charge in [0.25, 0.3) is 5.91 Å². The van der Waals surface area contributed by atoms with Gasteiger partial charge in [-0.1, -0.05) is 25.0 Å². The van der Waals surface area contributed by atoms with Crippen molar-refractivity contribution < 1.29 is 14.3 Å². The number of carbonyl (C=O) groups excluding carboxylic acids is 1. The van der Waals surface area contributed by atoms with E-state index in [4.69, 9.17) is 9.47 Å². The molecule has 5 heteroatoms. The normalized spacial score (nSPS) is 20.8. The van der Waals surface area contributed by atoms with Crippen molar-refractivity contribution in [1.29, 1.82) is 0 Å². The number of rotatable bonds is 5. The molecule has 5 nitrogen and oxygen atoms in total. The molecule has 2 heterocycles. The Morgan fingerprint density at radius 1 is 1.10 bits per heavy atom. The summed E-state index contributed by atoms with van der Waals surface area (Å²) in [7, 11) is 1.64. The third kappa shape index (κ3) is 5.40. The lowest BCUT2D eigenvalue weighted by atomic mass is 9.89. The summed E-state index contributed by atoms with van der Waals surface area (Å²) < 4.78 is 11.5. The Morgan fingerprint density at radius 2 is 1.81 bits per heavy atom. The molecule has 2 aromatic rings. The Bertz CT molecular complexity index is 899. The maximum Gasteiger partial charge on any atom is 0.251 e. The molecular formula is C26H34N2O3. The molecule has 0 aromatic heterocycles. The van der Waals surface area contributed by atoms with Crippen molar-refractivity contribution >= 4 is 5.91 Å². The van der Waals surface area contributed by atoms with E-state index in [2.05, 4.69) is 22.3 Å². The number of hydrogen-bond acceptors (Lipinski definition) is 4. The minimum absolute atomic E-state index is 0.0502. The number of fused-ring (bicyclic) bond motifs is 1. The highest BCUT2D eigenvalue weighted by molar-refractivity contribution is 5.94. The number of nitrogens with zero attached hydrogens (tertiary/aromatic N) is 1. The monoisotopic (exact) mass is 422 g/mol.